The van der Waals surface area contributed by atoms with E-state index in [0.29, 0.717) is 17.8 Å². The molecule has 0 aromatic carbocycles. The van der Waals surface area contributed by atoms with Crippen LogP contribution in [0.3, 0.4) is 0 Å². The van der Waals surface area contributed by atoms with Crippen molar-refractivity contribution in [1.29, 1.82) is 0 Å². The monoisotopic (exact) mass is 306 g/mol. The molecule has 1 saturated heterocycles. The minimum Gasteiger partial charge on any atom is -0.458 e. The molecule has 2 bridgehead atoms. The fraction of sp³-hybridized carbons (Fsp3) is 0.889. The lowest BCUT2D eigenvalue weighted by Crippen LogP contribution is -2.39. The standard InChI is InChI=1S/C18H26O4/c1-9-7-18(9,8-17(2,3)4)16(20)22-13-10-5-11-12(6-10)15(19)21-14(11)13/h9-14H,5-8H2,1-4H3. The van der Waals surface area contributed by atoms with Crippen molar-refractivity contribution in [2.45, 2.75) is 65.6 Å². The van der Waals surface area contributed by atoms with Crippen molar-refractivity contribution in [3.05, 3.63) is 0 Å². The molecular weight excluding hydrogens is 280 g/mol. The summed E-state index contributed by atoms with van der Waals surface area (Å²) in [6, 6.07) is 0. The van der Waals surface area contributed by atoms with Gasteiger partial charge in [-0.2, -0.15) is 0 Å². The van der Waals surface area contributed by atoms with E-state index in [1.807, 2.05) is 0 Å². The van der Waals surface area contributed by atoms with Gasteiger partial charge in [0.25, 0.3) is 0 Å². The Hall–Kier alpha value is -1.06. The lowest BCUT2D eigenvalue weighted by molar-refractivity contribution is -0.168. The Kier molecular flexibility index (Phi) is 2.82. The summed E-state index contributed by atoms with van der Waals surface area (Å²) in [4.78, 5) is 24.7. The second-order valence-electron chi connectivity index (χ2n) is 9.27. The van der Waals surface area contributed by atoms with Crippen LogP contribution in [0.5, 0.6) is 0 Å². The van der Waals surface area contributed by atoms with Gasteiger partial charge in [-0.3, -0.25) is 9.59 Å². The third kappa shape index (κ3) is 1.95. The van der Waals surface area contributed by atoms with Crippen molar-refractivity contribution in [3.63, 3.8) is 0 Å². The first kappa shape index (κ1) is 14.5. The summed E-state index contributed by atoms with van der Waals surface area (Å²) >= 11 is 0. The van der Waals surface area contributed by atoms with Crippen molar-refractivity contribution < 1.29 is 19.1 Å². The highest BCUT2D eigenvalue weighted by molar-refractivity contribution is 5.81. The van der Waals surface area contributed by atoms with Gasteiger partial charge >= 0.3 is 11.9 Å². The Balaban J connectivity index is 1.48. The fourth-order valence-electron chi connectivity index (χ4n) is 5.34. The molecule has 4 rings (SSSR count). The van der Waals surface area contributed by atoms with Gasteiger partial charge in [0.2, 0.25) is 0 Å². The summed E-state index contributed by atoms with van der Waals surface area (Å²) in [5, 5.41) is 0. The van der Waals surface area contributed by atoms with Gasteiger partial charge in [0.15, 0.2) is 0 Å². The molecule has 7 atom stereocenters. The molecule has 1 heterocycles. The predicted molar refractivity (Wildman–Crippen MR) is 79.8 cm³/mol. The zero-order valence-electron chi connectivity index (χ0n) is 13.9. The molecule has 0 amide bonds. The predicted octanol–water partition coefficient (Wildman–Crippen LogP) is 2.94. The van der Waals surface area contributed by atoms with Gasteiger partial charge in [-0.25, -0.2) is 0 Å². The molecule has 0 aromatic heterocycles. The third-order valence-electron chi connectivity index (χ3n) is 6.36. The van der Waals surface area contributed by atoms with E-state index in [2.05, 4.69) is 27.7 Å². The van der Waals surface area contributed by atoms with Gasteiger partial charge in [-0.05, 0) is 37.0 Å². The maximum Gasteiger partial charge on any atom is 0.312 e. The van der Waals surface area contributed by atoms with Gasteiger partial charge < -0.3 is 9.47 Å². The van der Waals surface area contributed by atoms with Crippen molar-refractivity contribution >= 4 is 11.9 Å². The third-order valence-corrected chi connectivity index (χ3v) is 6.36. The minimum absolute atomic E-state index is 0.0491. The van der Waals surface area contributed by atoms with E-state index in [1.165, 1.54) is 0 Å². The van der Waals surface area contributed by atoms with Crippen LogP contribution in [0, 0.1) is 34.5 Å². The average molecular weight is 306 g/mol. The molecule has 22 heavy (non-hydrogen) atoms. The van der Waals surface area contributed by atoms with Crippen LogP contribution < -0.4 is 0 Å². The fourth-order valence-corrected chi connectivity index (χ4v) is 5.34. The van der Waals surface area contributed by atoms with Crippen LogP contribution in [0.25, 0.3) is 0 Å². The van der Waals surface area contributed by atoms with Crippen molar-refractivity contribution in [2.75, 3.05) is 0 Å². The van der Waals surface area contributed by atoms with E-state index in [9.17, 15) is 9.59 Å². The highest BCUT2D eigenvalue weighted by atomic mass is 16.6. The lowest BCUT2D eigenvalue weighted by atomic mass is 9.81. The molecule has 4 heteroatoms. The molecule has 3 saturated carbocycles. The first-order chi connectivity index (χ1) is 10.2. The smallest absolute Gasteiger partial charge is 0.312 e. The summed E-state index contributed by atoms with van der Waals surface area (Å²) in [5.74, 6) is 0.985. The number of hydrogen-bond donors (Lipinski definition) is 0. The van der Waals surface area contributed by atoms with E-state index >= 15 is 0 Å². The van der Waals surface area contributed by atoms with Crippen LogP contribution in [0.1, 0.15) is 53.4 Å². The Morgan fingerprint density at radius 3 is 2.64 bits per heavy atom. The quantitative estimate of drug-likeness (QED) is 0.752. The molecule has 0 spiro atoms. The van der Waals surface area contributed by atoms with E-state index in [4.69, 9.17) is 9.47 Å². The zero-order valence-corrected chi connectivity index (χ0v) is 13.9. The Labute approximate surface area is 131 Å². The second kappa shape index (κ2) is 4.27. The lowest BCUT2D eigenvalue weighted by Gasteiger charge is -2.30. The highest BCUT2D eigenvalue weighted by Crippen LogP contribution is 2.61. The first-order valence-electron chi connectivity index (χ1n) is 8.63. The largest absolute Gasteiger partial charge is 0.458 e. The SMILES string of the molecule is CC1CC1(CC(C)(C)C)C(=O)OC1C2CC3C(=O)OC1C3C2. The summed E-state index contributed by atoms with van der Waals surface area (Å²) in [6.07, 6.45) is 3.27. The average Bonchev–Trinajstić information content (AvgIpc) is 2.74. The van der Waals surface area contributed by atoms with E-state index in [-0.39, 0.29) is 40.9 Å². The molecule has 4 fully saturated rings. The number of carbonyl (C=O) groups is 2. The van der Waals surface area contributed by atoms with Crippen LogP contribution in [-0.4, -0.2) is 24.1 Å². The number of carbonyl (C=O) groups excluding carboxylic acids is 2. The van der Waals surface area contributed by atoms with Crippen LogP contribution in [-0.2, 0) is 19.1 Å². The van der Waals surface area contributed by atoms with E-state index in [1.54, 1.807) is 0 Å². The zero-order chi connectivity index (χ0) is 15.9. The summed E-state index contributed by atoms with van der Waals surface area (Å²) in [6.45, 7) is 8.66. The maximum absolute atomic E-state index is 12.8. The highest BCUT2D eigenvalue weighted by Gasteiger charge is 2.65. The Bertz CT molecular complexity index is 534. The molecule has 0 radical (unpaired) electrons. The molecule has 1 aliphatic heterocycles. The molecule has 0 aromatic rings. The second-order valence-corrected chi connectivity index (χ2v) is 9.27. The van der Waals surface area contributed by atoms with Crippen molar-refractivity contribution in [1.82, 2.24) is 0 Å². The number of esters is 2. The first-order valence-corrected chi connectivity index (χ1v) is 8.63. The molecule has 0 N–H and O–H groups in total. The number of hydrogen-bond acceptors (Lipinski definition) is 4. The van der Waals surface area contributed by atoms with Crippen LogP contribution in [0.2, 0.25) is 0 Å². The molecule has 4 aliphatic rings. The Morgan fingerprint density at radius 2 is 2.05 bits per heavy atom. The van der Waals surface area contributed by atoms with Crippen LogP contribution in [0.4, 0.5) is 0 Å². The van der Waals surface area contributed by atoms with Crippen LogP contribution in [0.15, 0.2) is 0 Å². The van der Waals surface area contributed by atoms with Gasteiger partial charge in [-0.15, -0.1) is 0 Å². The number of rotatable bonds is 3. The number of fused-ring (bicyclic) bond motifs is 1. The molecule has 3 aliphatic carbocycles. The normalized spacial score (nSPS) is 48.5. The van der Waals surface area contributed by atoms with Gasteiger partial charge in [-0.1, -0.05) is 27.7 Å². The minimum atomic E-state index is -0.303. The van der Waals surface area contributed by atoms with Gasteiger partial charge in [0, 0.05) is 11.8 Å². The van der Waals surface area contributed by atoms with E-state index in [0.717, 1.165) is 25.7 Å². The van der Waals surface area contributed by atoms with Crippen molar-refractivity contribution in [2.24, 2.45) is 34.5 Å². The summed E-state index contributed by atoms with van der Waals surface area (Å²) in [7, 11) is 0. The summed E-state index contributed by atoms with van der Waals surface area (Å²) in [5.41, 5.74) is -0.189. The Morgan fingerprint density at radius 1 is 1.36 bits per heavy atom. The van der Waals surface area contributed by atoms with Crippen LogP contribution >= 0.6 is 0 Å². The molecule has 4 nitrogen and oxygen atoms in total. The van der Waals surface area contributed by atoms with Gasteiger partial charge in [0.05, 0.1) is 11.3 Å². The molecular formula is C18H26O4. The molecule has 122 valence electrons. The topological polar surface area (TPSA) is 52.6 Å². The van der Waals surface area contributed by atoms with Crippen molar-refractivity contribution in [3.8, 4) is 0 Å². The maximum atomic E-state index is 12.8. The number of ether oxygens (including phenoxy) is 2. The molecule has 7 unspecified atom stereocenters. The van der Waals surface area contributed by atoms with E-state index < -0.39 is 0 Å². The van der Waals surface area contributed by atoms with Gasteiger partial charge in [0.1, 0.15) is 12.2 Å². The summed E-state index contributed by atoms with van der Waals surface area (Å²) < 4.78 is 11.4.